The number of rotatable bonds is 7. The van der Waals surface area contributed by atoms with E-state index in [1.165, 1.54) is 6.26 Å². The maximum absolute atomic E-state index is 13.4. The van der Waals surface area contributed by atoms with E-state index in [0.717, 1.165) is 42.3 Å². The first-order valence-electron chi connectivity index (χ1n) is 11.4. The Hall–Kier alpha value is -3.78. The van der Waals surface area contributed by atoms with Crippen LogP contribution in [0.15, 0.2) is 71.3 Å². The van der Waals surface area contributed by atoms with Gasteiger partial charge in [-0.25, -0.2) is 0 Å². The molecule has 1 fully saturated rings. The van der Waals surface area contributed by atoms with Crippen molar-refractivity contribution in [3.63, 3.8) is 0 Å². The maximum Gasteiger partial charge on any atom is 0.287 e. The fourth-order valence-corrected chi connectivity index (χ4v) is 4.33. The fraction of sp³-hybridized carbons (Fsp3) is 0.308. The van der Waals surface area contributed by atoms with E-state index in [2.05, 4.69) is 10.2 Å². The molecule has 34 heavy (non-hydrogen) atoms. The molecule has 176 valence electrons. The Bertz CT molecular complexity index is 1120. The number of amides is 2. The predicted molar refractivity (Wildman–Crippen MR) is 125 cm³/mol. The third-order valence-corrected chi connectivity index (χ3v) is 6.16. The van der Waals surface area contributed by atoms with E-state index in [4.69, 9.17) is 13.9 Å². The van der Waals surface area contributed by atoms with Gasteiger partial charge in [0, 0.05) is 39.1 Å². The van der Waals surface area contributed by atoms with Gasteiger partial charge in [-0.3, -0.25) is 14.5 Å². The van der Waals surface area contributed by atoms with Crippen molar-refractivity contribution in [3.8, 4) is 11.5 Å². The highest BCUT2D eigenvalue weighted by Gasteiger charge is 2.30. The standard InChI is InChI=1S/C26H27N3O5/c30-25(23-7-4-14-32-23)27-21(15-19-5-2-1-3-6-19)26(31)29-12-10-28(11-13-29)17-20-8-9-22-24(16-20)34-18-33-22/h1-9,14,16,21H,10-13,15,17-18H2,(H,27,30). The molecule has 8 heteroatoms. The van der Waals surface area contributed by atoms with E-state index in [1.54, 1.807) is 12.1 Å². The van der Waals surface area contributed by atoms with Crippen molar-refractivity contribution in [1.29, 1.82) is 0 Å². The summed E-state index contributed by atoms with van der Waals surface area (Å²) in [5.74, 6) is 1.29. The molecule has 2 aliphatic rings. The summed E-state index contributed by atoms with van der Waals surface area (Å²) in [6.45, 7) is 3.76. The van der Waals surface area contributed by atoms with Gasteiger partial charge in [0.1, 0.15) is 6.04 Å². The number of benzene rings is 2. The Morgan fingerprint density at radius 2 is 1.68 bits per heavy atom. The minimum absolute atomic E-state index is 0.0773. The molecular weight excluding hydrogens is 434 g/mol. The molecule has 0 spiro atoms. The Labute approximate surface area is 198 Å². The van der Waals surface area contributed by atoms with Crippen molar-refractivity contribution in [2.24, 2.45) is 0 Å². The number of ether oxygens (including phenoxy) is 2. The van der Waals surface area contributed by atoms with Crippen LogP contribution in [0.5, 0.6) is 11.5 Å². The summed E-state index contributed by atoms with van der Waals surface area (Å²) in [5, 5.41) is 2.88. The van der Waals surface area contributed by atoms with Crippen LogP contribution in [-0.2, 0) is 17.8 Å². The average molecular weight is 462 g/mol. The fourth-order valence-electron chi connectivity index (χ4n) is 4.33. The Kier molecular flexibility index (Phi) is 6.49. The van der Waals surface area contributed by atoms with Crippen LogP contribution < -0.4 is 14.8 Å². The van der Waals surface area contributed by atoms with Gasteiger partial charge in [0.25, 0.3) is 5.91 Å². The Morgan fingerprint density at radius 3 is 2.44 bits per heavy atom. The quantitative estimate of drug-likeness (QED) is 0.583. The lowest BCUT2D eigenvalue weighted by atomic mass is 10.0. The number of hydrogen-bond acceptors (Lipinski definition) is 6. The number of carbonyl (C=O) groups excluding carboxylic acids is 2. The zero-order chi connectivity index (χ0) is 23.3. The van der Waals surface area contributed by atoms with Gasteiger partial charge in [-0.1, -0.05) is 36.4 Å². The minimum Gasteiger partial charge on any atom is -0.459 e. The monoisotopic (exact) mass is 461 g/mol. The highest BCUT2D eigenvalue weighted by atomic mass is 16.7. The molecule has 1 atom stereocenters. The van der Waals surface area contributed by atoms with E-state index in [9.17, 15) is 9.59 Å². The van der Waals surface area contributed by atoms with Crippen LogP contribution in [0.25, 0.3) is 0 Å². The van der Waals surface area contributed by atoms with Gasteiger partial charge in [0.05, 0.1) is 6.26 Å². The second kappa shape index (κ2) is 10.0. The minimum atomic E-state index is -0.666. The number of fused-ring (bicyclic) bond motifs is 1. The van der Waals surface area contributed by atoms with Crippen LogP contribution in [0.4, 0.5) is 0 Å². The predicted octanol–water partition coefficient (Wildman–Crippen LogP) is 2.69. The average Bonchev–Trinajstić information content (AvgIpc) is 3.56. The maximum atomic E-state index is 13.4. The molecule has 3 aromatic rings. The lowest BCUT2D eigenvalue weighted by Gasteiger charge is -2.36. The number of furan rings is 1. The third-order valence-electron chi connectivity index (χ3n) is 6.16. The molecule has 3 heterocycles. The number of nitrogens with one attached hydrogen (secondary N) is 1. The normalized spacial score (nSPS) is 16.3. The zero-order valence-electron chi connectivity index (χ0n) is 18.8. The first-order chi connectivity index (χ1) is 16.7. The van der Waals surface area contributed by atoms with E-state index in [1.807, 2.05) is 53.4 Å². The van der Waals surface area contributed by atoms with Crippen LogP contribution in [0.2, 0.25) is 0 Å². The Balaban J connectivity index is 1.21. The summed E-state index contributed by atoms with van der Waals surface area (Å²) in [4.78, 5) is 30.2. The largest absolute Gasteiger partial charge is 0.459 e. The lowest BCUT2D eigenvalue weighted by Crippen LogP contribution is -2.55. The third kappa shape index (κ3) is 5.07. The van der Waals surface area contributed by atoms with Crippen LogP contribution in [-0.4, -0.2) is 60.6 Å². The first-order valence-corrected chi connectivity index (χ1v) is 11.4. The summed E-state index contributed by atoms with van der Waals surface area (Å²) in [6, 6.07) is 18.3. The van der Waals surface area contributed by atoms with E-state index in [-0.39, 0.29) is 24.4 Å². The smallest absolute Gasteiger partial charge is 0.287 e. The highest BCUT2D eigenvalue weighted by molar-refractivity contribution is 5.95. The number of carbonyl (C=O) groups is 2. The molecule has 0 radical (unpaired) electrons. The Morgan fingerprint density at radius 1 is 0.882 bits per heavy atom. The molecule has 1 N–H and O–H groups in total. The van der Waals surface area contributed by atoms with Crippen LogP contribution in [0, 0.1) is 0 Å². The van der Waals surface area contributed by atoms with E-state index >= 15 is 0 Å². The van der Waals surface area contributed by atoms with Gasteiger partial charge in [-0.05, 0) is 35.4 Å². The molecule has 2 aliphatic heterocycles. The number of nitrogens with zero attached hydrogens (tertiary/aromatic N) is 2. The molecular formula is C26H27N3O5. The molecule has 0 bridgehead atoms. The molecule has 1 unspecified atom stereocenters. The van der Waals surface area contributed by atoms with Crippen molar-refractivity contribution >= 4 is 11.8 Å². The SMILES string of the molecule is O=C(NC(Cc1ccccc1)C(=O)N1CCN(Cc2ccc3c(c2)OCO3)CC1)c1ccco1. The zero-order valence-corrected chi connectivity index (χ0v) is 18.8. The van der Waals surface area contributed by atoms with E-state index < -0.39 is 6.04 Å². The van der Waals surface area contributed by atoms with Gasteiger partial charge < -0.3 is 24.1 Å². The summed E-state index contributed by atoms with van der Waals surface area (Å²) in [7, 11) is 0. The molecule has 0 saturated carbocycles. The first kappa shape index (κ1) is 22.0. The van der Waals surface area contributed by atoms with Crippen molar-refractivity contribution < 1.29 is 23.5 Å². The summed E-state index contributed by atoms with van der Waals surface area (Å²) in [5.41, 5.74) is 2.14. The summed E-state index contributed by atoms with van der Waals surface area (Å²) in [6.07, 6.45) is 1.87. The van der Waals surface area contributed by atoms with Crippen molar-refractivity contribution in [1.82, 2.24) is 15.1 Å². The second-order valence-corrected chi connectivity index (χ2v) is 8.48. The number of piperazine rings is 1. The van der Waals surface area contributed by atoms with Gasteiger partial charge in [-0.2, -0.15) is 0 Å². The van der Waals surface area contributed by atoms with E-state index in [0.29, 0.717) is 19.5 Å². The van der Waals surface area contributed by atoms with Crippen molar-refractivity contribution in [3.05, 3.63) is 83.8 Å². The van der Waals surface area contributed by atoms with Gasteiger partial charge in [-0.15, -0.1) is 0 Å². The molecule has 0 aliphatic carbocycles. The topological polar surface area (TPSA) is 84.3 Å². The van der Waals surface area contributed by atoms with Gasteiger partial charge in [0.15, 0.2) is 17.3 Å². The lowest BCUT2D eigenvalue weighted by molar-refractivity contribution is -0.135. The molecule has 1 saturated heterocycles. The van der Waals surface area contributed by atoms with Crippen molar-refractivity contribution in [2.75, 3.05) is 33.0 Å². The van der Waals surface area contributed by atoms with Gasteiger partial charge in [0.2, 0.25) is 12.7 Å². The molecule has 2 aromatic carbocycles. The molecule has 2 amide bonds. The van der Waals surface area contributed by atoms with Crippen LogP contribution >= 0.6 is 0 Å². The molecule has 1 aromatic heterocycles. The molecule has 5 rings (SSSR count). The molecule has 8 nitrogen and oxygen atoms in total. The van der Waals surface area contributed by atoms with Crippen LogP contribution in [0.1, 0.15) is 21.7 Å². The summed E-state index contributed by atoms with van der Waals surface area (Å²) >= 11 is 0. The summed E-state index contributed by atoms with van der Waals surface area (Å²) < 4.78 is 16.1. The van der Waals surface area contributed by atoms with Gasteiger partial charge >= 0.3 is 0 Å². The van der Waals surface area contributed by atoms with Crippen molar-refractivity contribution in [2.45, 2.75) is 19.0 Å². The number of hydrogen-bond donors (Lipinski definition) is 1. The second-order valence-electron chi connectivity index (χ2n) is 8.48. The highest BCUT2D eigenvalue weighted by Crippen LogP contribution is 2.32. The van der Waals surface area contributed by atoms with Crippen LogP contribution in [0.3, 0.4) is 0 Å².